The molecule has 0 atom stereocenters. The molecule has 1 aliphatic carbocycles. The van der Waals surface area contributed by atoms with E-state index in [1.165, 1.54) is 12.2 Å². The molecule has 0 saturated carbocycles. The first-order valence-electron chi connectivity index (χ1n) is 3.88. The first-order valence-corrected chi connectivity index (χ1v) is 3.88. The number of rotatable bonds is 2. The van der Waals surface area contributed by atoms with Crippen LogP contribution in [0.1, 0.15) is 26.7 Å². The SMILES string of the molecule is CCCC1(C)C(=O)C=CC1=O. The molecule has 11 heavy (non-hydrogen) atoms. The molecule has 0 amide bonds. The van der Waals surface area contributed by atoms with Crippen LogP contribution >= 0.6 is 0 Å². The van der Waals surface area contributed by atoms with Gasteiger partial charge >= 0.3 is 0 Å². The van der Waals surface area contributed by atoms with Crippen LogP contribution in [0, 0.1) is 5.41 Å². The fourth-order valence-electron chi connectivity index (χ4n) is 1.39. The molecule has 0 N–H and O–H groups in total. The van der Waals surface area contributed by atoms with E-state index in [2.05, 4.69) is 0 Å². The highest BCUT2D eigenvalue weighted by Gasteiger charge is 2.40. The Morgan fingerprint density at radius 2 is 1.73 bits per heavy atom. The Balaban J connectivity index is 2.85. The second kappa shape index (κ2) is 2.61. The van der Waals surface area contributed by atoms with Gasteiger partial charge in [0, 0.05) is 0 Å². The van der Waals surface area contributed by atoms with E-state index in [-0.39, 0.29) is 11.6 Å². The van der Waals surface area contributed by atoms with Crippen molar-refractivity contribution in [1.29, 1.82) is 0 Å². The van der Waals surface area contributed by atoms with E-state index >= 15 is 0 Å². The van der Waals surface area contributed by atoms with Crippen LogP contribution in [0.15, 0.2) is 12.2 Å². The average Bonchev–Trinajstić information content (AvgIpc) is 2.19. The predicted molar refractivity (Wildman–Crippen MR) is 42.2 cm³/mol. The Hall–Kier alpha value is -0.920. The van der Waals surface area contributed by atoms with Gasteiger partial charge in [0.1, 0.15) is 0 Å². The normalized spacial score (nSPS) is 21.3. The summed E-state index contributed by atoms with van der Waals surface area (Å²) in [6.07, 6.45) is 4.31. The largest absolute Gasteiger partial charge is 0.294 e. The summed E-state index contributed by atoms with van der Waals surface area (Å²) in [5.41, 5.74) is -0.727. The minimum atomic E-state index is -0.727. The van der Waals surface area contributed by atoms with Crippen LogP contribution in [-0.2, 0) is 9.59 Å². The molecule has 0 radical (unpaired) electrons. The van der Waals surface area contributed by atoms with Crippen molar-refractivity contribution in [1.82, 2.24) is 0 Å². The molecule has 1 aliphatic rings. The van der Waals surface area contributed by atoms with Crippen molar-refractivity contribution in [2.24, 2.45) is 5.41 Å². The molecule has 0 saturated heterocycles. The van der Waals surface area contributed by atoms with Crippen LogP contribution in [0.5, 0.6) is 0 Å². The fourth-order valence-corrected chi connectivity index (χ4v) is 1.39. The first-order chi connectivity index (χ1) is 5.11. The summed E-state index contributed by atoms with van der Waals surface area (Å²) in [5, 5.41) is 0. The topological polar surface area (TPSA) is 34.1 Å². The molecule has 0 unspecified atom stereocenters. The molecule has 2 nitrogen and oxygen atoms in total. The lowest BCUT2D eigenvalue weighted by molar-refractivity contribution is -0.132. The van der Waals surface area contributed by atoms with E-state index in [1.54, 1.807) is 6.92 Å². The molecule has 2 heteroatoms. The van der Waals surface area contributed by atoms with Crippen LogP contribution < -0.4 is 0 Å². The van der Waals surface area contributed by atoms with Gasteiger partial charge in [0.15, 0.2) is 11.6 Å². The van der Waals surface area contributed by atoms with Gasteiger partial charge in [-0.2, -0.15) is 0 Å². The van der Waals surface area contributed by atoms with Gasteiger partial charge in [0.05, 0.1) is 5.41 Å². The zero-order valence-electron chi connectivity index (χ0n) is 6.89. The average molecular weight is 152 g/mol. The van der Waals surface area contributed by atoms with Crippen molar-refractivity contribution in [3.8, 4) is 0 Å². The van der Waals surface area contributed by atoms with Gasteiger partial charge < -0.3 is 0 Å². The maximum Gasteiger partial charge on any atom is 0.169 e. The monoisotopic (exact) mass is 152 g/mol. The lowest BCUT2D eigenvalue weighted by Crippen LogP contribution is -2.29. The lowest BCUT2D eigenvalue weighted by atomic mass is 9.81. The molecule has 0 aromatic rings. The quantitative estimate of drug-likeness (QED) is 0.562. The van der Waals surface area contributed by atoms with E-state index in [0.717, 1.165) is 6.42 Å². The summed E-state index contributed by atoms with van der Waals surface area (Å²) in [6, 6.07) is 0. The number of allylic oxidation sites excluding steroid dienone is 2. The van der Waals surface area contributed by atoms with Crippen LogP contribution in [-0.4, -0.2) is 11.6 Å². The Morgan fingerprint density at radius 3 is 2.09 bits per heavy atom. The first kappa shape index (κ1) is 8.18. The summed E-state index contributed by atoms with van der Waals surface area (Å²) >= 11 is 0. The Labute approximate surface area is 66.3 Å². The van der Waals surface area contributed by atoms with Crippen LogP contribution in [0.2, 0.25) is 0 Å². The van der Waals surface area contributed by atoms with Gasteiger partial charge in [0.25, 0.3) is 0 Å². The van der Waals surface area contributed by atoms with E-state index in [4.69, 9.17) is 0 Å². The summed E-state index contributed by atoms with van der Waals surface area (Å²) in [4.78, 5) is 22.4. The van der Waals surface area contributed by atoms with Crippen molar-refractivity contribution in [3.05, 3.63) is 12.2 Å². The molecular weight excluding hydrogens is 140 g/mol. The Morgan fingerprint density at radius 1 is 1.27 bits per heavy atom. The minimum absolute atomic E-state index is 0.0376. The number of hydrogen-bond acceptors (Lipinski definition) is 2. The summed E-state index contributed by atoms with van der Waals surface area (Å²) in [6.45, 7) is 3.70. The number of carbonyl (C=O) groups is 2. The minimum Gasteiger partial charge on any atom is -0.294 e. The fraction of sp³-hybridized carbons (Fsp3) is 0.556. The molecule has 0 bridgehead atoms. The molecule has 0 heterocycles. The molecule has 0 aromatic heterocycles. The highest BCUT2D eigenvalue weighted by atomic mass is 16.2. The lowest BCUT2D eigenvalue weighted by Gasteiger charge is -2.18. The van der Waals surface area contributed by atoms with Gasteiger partial charge in [-0.15, -0.1) is 0 Å². The molecule has 0 spiro atoms. The Kier molecular flexibility index (Phi) is 1.94. The maximum atomic E-state index is 11.2. The molecule has 0 fully saturated rings. The zero-order valence-corrected chi connectivity index (χ0v) is 6.89. The van der Waals surface area contributed by atoms with Crippen molar-refractivity contribution >= 4 is 11.6 Å². The van der Waals surface area contributed by atoms with Gasteiger partial charge in [-0.3, -0.25) is 9.59 Å². The number of ketones is 2. The highest BCUT2D eigenvalue weighted by molar-refractivity contribution is 6.21. The van der Waals surface area contributed by atoms with Crippen molar-refractivity contribution in [3.63, 3.8) is 0 Å². The third kappa shape index (κ3) is 1.13. The van der Waals surface area contributed by atoms with Crippen LogP contribution in [0.25, 0.3) is 0 Å². The van der Waals surface area contributed by atoms with Crippen LogP contribution in [0.3, 0.4) is 0 Å². The standard InChI is InChI=1S/C9H12O2/c1-3-6-9(2)7(10)4-5-8(9)11/h4-5H,3,6H2,1-2H3. The van der Waals surface area contributed by atoms with Crippen molar-refractivity contribution in [2.45, 2.75) is 26.7 Å². The second-order valence-electron chi connectivity index (χ2n) is 3.14. The Bertz CT molecular complexity index is 208. The third-order valence-electron chi connectivity index (χ3n) is 2.22. The second-order valence-corrected chi connectivity index (χ2v) is 3.14. The molecule has 1 rings (SSSR count). The van der Waals surface area contributed by atoms with Gasteiger partial charge in [-0.1, -0.05) is 13.3 Å². The zero-order chi connectivity index (χ0) is 8.48. The highest BCUT2D eigenvalue weighted by Crippen LogP contribution is 2.30. The van der Waals surface area contributed by atoms with E-state index in [1.807, 2.05) is 6.92 Å². The molecule has 60 valence electrons. The molecule has 0 aliphatic heterocycles. The van der Waals surface area contributed by atoms with E-state index in [0.29, 0.717) is 6.42 Å². The van der Waals surface area contributed by atoms with Crippen molar-refractivity contribution < 1.29 is 9.59 Å². The van der Waals surface area contributed by atoms with Crippen molar-refractivity contribution in [2.75, 3.05) is 0 Å². The van der Waals surface area contributed by atoms with Gasteiger partial charge in [-0.05, 0) is 25.5 Å². The number of carbonyl (C=O) groups excluding carboxylic acids is 2. The summed E-state index contributed by atoms with van der Waals surface area (Å²) < 4.78 is 0. The molecule has 0 aromatic carbocycles. The smallest absolute Gasteiger partial charge is 0.169 e. The summed E-state index contributed by atoms with van der Waals surface area (Å²) in [7, 11) is 0. The van der Waals surface area contributed by atoms with Gasteiger partial charge in [-0.25, -0.2) is 0 Å². The van der Waals surface area contributed by atoms with Gasteiger partial charge in [0.2, 0.25) is 0 Å². The third-order valence-corrected chi connectivity index (χ3v) is 2.22. The molecular formula is C9H12O2. The summed E-state index contributed by atoms with van der Waals surface area (Å²) in [5.74, 6) is -0.0753. The maximum absolute atomic E-state index is 11.2. The van der Waals surface area contributed by atoms with E-state index in [9.17, 15) is 9.59 Å². The predicted octanol–water partition coefficient (Wildman–Crippen LogP) is 1.50. The van der Waals surface area contributed by atoms with E-state index < -0.39 is 5.41 Å². The number of hydrogen-bond donors (Lipinski definition) is 0. The van der Waals surface area contributed by atoms with Crippen LogP contribution in [0.4, 0.5) is 0 Å².